The maximum absolute atomic E-state index is 14.6. The molecule has 1 heterocycles. The van der Waals surface area contributed by atoms with E-state index in [9.17, 15) is 23.5 Å². The van der Waals surface area contributed by atoms with Gasteiger partial charge in [-0.25, -0.2) is 0 Å². The minimum atomic E-state index is -3.50. The Labute approximate surface area is 180 Å². The van der Waals surface area contributed by atoms with E-state index in [0.29, 0.717) is 32.2 Å². The Bertz CT molecular complexity index is 756. The summed E-state index contributed by atoms with van der Waals surface area (Å²) in [5, 5.41) is 18.9. The van der Waals surface area contributed by atoms with E-state index >= 15 is 0 Å². The third-order valence-corrected chi connectivity index (χ3v) is 5.48. The van der Waals surface area contributed by atoms with Crippen LogP contribution in [0.15, 0.2) is 36.4 Å². The average molecular weight is 444 g/mol. The van der Waals surface area contributed by atoms with Crippen molar-refractivity contribution in [2.75, 3.05) is 6.54 Å². The summed E-state index contributed by atoms with van der Waals surface area (Å²) in [6.07, 6.45) is 5.26. The number of benzene rings is 1. The van der Waals surface area contributed by atoms with Crippen molar-refractivity contribution in [1.29, 1.82) is 0 Å². The van der Waals surface area contributed by atoms with E-state index in [1.54, 1.807) is 4.90 Å². The van der Waals surface area contributed by atoms with Gasteiger partial charge in [-0.05, 0) is 37.8 Å². The van der Waals surface area contributed by atoms with E-state index in [1.807, 2.05) is 0 Å². The van der Waals surface area contributed by atoms with E-state index in [0.717, 1.165) is 31.4 Å². The molecule has 1 aliphatic rings. The average Bonchev–Trinajstić information content (AvgIpc) is 2.69. The van der Waals surface area contributed by atoms with Gasteiger partial charge in [-0.2, -0.15) is 8.78 Å². The monoisotopic (exact) mass is 443 g/mol. The lowest BCUT2D eigenvalue weighted by atomic mass is 9.98. The maximum Gasteiger partial charge on any atom is 0.303 e. The number of amides is 1. The molecule has 0 aromatic heterocycles. The summed E-state index contributed by atoms with van der Waals surface area (Å²) in [7, 11) is 0. The van der Waals surface area contributed by atoms with Crippen molar-refractivity contribution in [1.82, 2.24) is 4.90 Å². The third kappa shape index (κ3) is 7.06. The minimum absolute atomic E-state index is 0.0301. The van der Waals surface area contributed by atoms with Crippen LogP contribution in [0.3, 0.4) is 0 Å². The lowest BCUT2D eigenvalue weighted by molar-refractivity contribution is -0.137. The van der Waals surface area contributed by atoms with Crippen LogP contribution in [0.2, 0.25) is 5.02 Å². The van der Waals surface area contributed by atoms with Crippen molar-refractivity contribution in [2.24, 2.45) is 0 Å². The van der Waals surface area contributed by atoms with Crippen LogP contribution in [-0.4, -0.2) is 45.7 Å². The molecule has 1 amide bonds. The van der Waals surface area contributed by atoms with Crippen LogP contribution < -0.4 is 0 Å². The molecule has 0 saturated carbocycles. The van der Waals surface area contributed by atoms with Crippen molar-refractivity contribution < 1.29 is 28.6 Å². The Balaban J connectivity index is 1.95. The van der Waals surface area contributed by atoms with Gasteiger partial charge in [0.2, 0.25) is 5.91 Å². The highest BCUT2D eigenvalue weighted by Gasteiger charge is 2.39. The second-order valence-electron chi connectivity index (χ2n) is 7.57. The van der Waals surface area contributed by atoms with Crippen molar-refractivity contribution in [3.63, 3.8) is 0 Å². The molecule has 8 heteroatoms. The number of unbranched alkanes of at least 4 members (excludes halogenated alkanes) is 3. The van der Waals surface area contributed by atoms with Gasteiger partial charge in [0.05, 0.1) is 6.04 Å². The van der Waals surface area contributed by atoms with Gasteiger partial charge in [0.15, 0.2) is 0 Å². The van der Waals surface area contributed by atoms with Gasteiger partial charge in [-0.15, -0.1) is 0 Å². The van der Waals surface area contributed by atoms with E-state index < -0.39 is 18.0 Å². The van der Waals surface area contributed by atoms with Gasteiger partial charge in [0.25, 0.3) is 0 Å². The van der Waals surface area contributed by atoms with Crippen LogP contribution in [-0.2, 0) is 15.5 Å². The van der Waals surface area contributed by atoms with Crippen LogP contribution in [0.25, 0.3) is 0 Å². The number of nitrogens with zero attached hydrogens (tertiary/aromatic N) is 1. The number of halogens is 3. The predicted molar refractivity (Wildman–Crippen MR) is 111 cm³/mol. The molecule has 2 rings (SSSR count). The van der Waals surface area contributed by atoms with Crippen LogP contribution in [0, 0.1) is 0 Å². The van der Waals surface area contributed by atoms with Gasteiger partial charge >= 0.3 is 11.9 Å². The molecule has 2 atom stereocenters. The Morgan fingerprint density at radius 2 is 2.03 bits per heavy atom. The third-order valence-electron chi connectivity index (χ3n) is 5.25. The highest BCUT2D eigenvalue weighted by molar-refractivity contribution is 6.30. The second-order valence-corrected chi connectivity index (χ2v) is 8.00. The number of carbonyl (C=O) groups is 2. The molecule has 5 nitrogen and oxygen atoms in total. The number of aliphatic carboxylic acids is 1. The molecule has 1 fully saturated rings. The SMILES string of the molecule is O=C(O)CCCCCCN1C(=O)CCC[C@@H]1C=C[C@@H](O)C(F)(F)c1cccc(Cl)c1. The zero-order valence-corrected chi connectivity index (χ0v) is 17.5. The summed E-state index contributed by atoms with van der Waals surface area (Å²) in [6, 6.07) is 4.88. The smallest absolute Gasteiger partial charge is 0.303 e. The standard InChI is InChI=1S/C22H28ClF2NO4/c23-17-8-5-7-16(15-17)22(24,25)19(27)13-12-18-9-6-10-20(28)26(18)14-4-2-1-3-11-21(29)30/h5,7-8,12-13,15,18-19,27H,1-4,6,9-11,14H2,(H,29,30)/t18-,19-/m1/s1. The lowest BCUT2D eigenvalue weighted by Gasteiger charge is -2.34. The molecule has 1 saturated heterocycles. The predicted octanol–water partition coefficient (Wildman–Crippen LogP) is 4.77. The number of likely N-dealkylation sites (tertiary alicyclic amines) is 1. The number of hydrogen-bond donors (Lipinski definition) is 2. The zero-order valence-electron chi connectivity index (χ0n) is 16.8. The normalized spacial score (nSPS) is 18.7. The number of carbonyl (C=O) groups excluding carboxylic acids is 1. The summed E-state index contributed by atoms with van der Waals surface area (Å²) in [6.45, 7) is 0.488. The molecule has 0 spiro atoms. The molecule has 2 N–H and O–H groups in total. The minimum Gasteiger partial charge on any atom is -0.481 e. The number of rotatable bonds is 11. The molecule has 0 radical (unpaired) electrons. The molecule has 0 aliphatic carbocycles. The zero-order chi connectivity index (χ0) is 22.1. The van der Waals surface area contributed by atoms with E-state index in [2.05, 4.69) is 0 Å². The molecule has 1 aromatic carbocycles. The number of hydrogen-bond acceptors (Lipinski definition) is 3. The van der Waals surface area contributed by atoms with E-state index in [4.69, 9.17) is 16.7 Å². The number of aliphatic hydroxyl groups excluding tert-OH is 1. The van der Waals surface area contributed by atoms with Crippen LogP contribution in [0.4, 0.5) is 8.78 Å². The molecule has 30 heavy (non-hydrogen) atoms. The molecule has 0 unspecified atom stereocenters. The number of carboxylic acid groups (broad SMARTS) is 1. The fourth-order valence-corrected chi connectivity index (χ4v) is 3.76. The summed E-state index contributed by atoms with van der Waals surface area (Å²) in [5.41, 5.74) is -0.370. The number of piperidine rings is 1. The number of alkyl halides is 2. The van der Waals surface area contributed by atoms with E-state index in [-0.39, 0.29) is 29.0 Å². The summed E-state index contributed by atoms with van der Waals surface area (Å²) < 4.78 is 29.1. The van der Waals surface area contributed by atoms with Crippen LogP contribution in [0.1, 0.15) is 56.9 Å². The molecular weight excluding hydrogens is 416 g/mol. The van der Waals surface area contributed by atoms with Crippen molar-refractivity contribution >= 4 is 23.5 Å². The first-order chi connectivity index (χ1) is 14.2. The highest BCUT2D eigenvalue weighted by Crippen LogP contribution is 2.34. The summed E-state index contributed by atoms with van der Waals surface area (Å²) in [5.74, 6) is -4.35. The quantitative estimate of drug-likeness (QED) is 0.381. The fourth-order valence-electron chi connectivity index (χ4n) is 3.57. The largest absolute Gasteiger partial charge is 0.481 e. The Kier molecular flexibility index (Phi) is 9.24. The van der Waals surface area contributed by atoms with Crippen molar-refractivity contribution in [3.8, 4) is 0 Å². The molecule has 1 aromatic rings. The van der Waals surface area contributed by atoms with Crippen LogP contribution >= 0.6 is 11.6 Å². The second kappa shape index (κ2) is 11.4. The Morgan fingerprint density at radius 1 is 1.30 bits per heavy atom. The number of aliphatic hydroxyl groups is 1. The highest BCUT2D eigenvalue weighted by atomic mass is 35.5. The topological polar surface area (TPSA) is 77.8 Å². The first-order valence-corrected chi connectivity index (χ1v) is 10.6. The fraction of sp³-hybridized carbons (Fsp3) is 0.545. The van der Waals surface area contributed by atoms with E-state index in [1.165, 1.54) is 24.3 Å². The first-order valence-electron chi connectivity index (χ1n) is 10.2. The molecule has 0 bridgehead atoms. The van der Waals surface area contributed by atoms with Gasteiger partial charge in [0.1, 0.15) is 6.10 Å². The molecule has 166 valence electrons. The lowest BCUT2D eigenvalue weighted by Crippen LogP contribution is -2.43. The molecule has 1 aliphatic heterocycles. The summed E-state index contributed by atoms with van der Waals surface area (Å²) in [4.78, 5) is 24.5. The maximum atomic E-state index is 14.6. The van der Waals surface area contributed by atoms with Gasteiger partial charge in [0, 0.05) is 30.0 Å². The summed E-state index contributed by atoms with van der Waals surface area (Å²) >= 11 is 5.78. The number of carboxylic acids is 1. The van der Waals surface area contributed by atoms with Crippen LogP contribution in [0.5, 0.6) is 0 Å². The Morgan fingerprint density at radius 3 is 2.73 bits per heavy atom. The molecular formula is C22H28ClF2NO4. The van der Waals surface area contributed by atoms with Gasteiger partial charge in [-0.1, -0.05) is 48.7 Å². The van der Waals surface area contributed by atoms with Crippen molar-refractivity contribution in [3.05, 3.63) is 47.0 Å². The first kappa shape index (κ1) is 24.3. The van der Waals surface area contributed by atoms with Gasteiger partial charge in [-0.3, -0.25) is 9.59 Å². The Hall–Kier alpha value is -1.99. The van der Waals surface area contributed by atoms with Gasteiger partial charge < -0.3 is 15.1 Å². The van der Waals surface area contributed by atoms with Crippen molar-refractivity contribution in [2.45, 2.75) is 69.4 Å².